The van der Waals surface area contributed by atoms with Crippen molar-refractivity contribution in [2.75, 3.05) is 13.6 Å². The molecule has 1 aliphatic heterocycles. The van der Waals surface area contributed by atoms with Crippen LogP contribution < -0.4 is 0 Å². The SMILES string of the molecule is CN1CC[C@H](O)C1=O. The highest BCUT2D eigenvalue weighted by atomic mass is 16.3. The smallest absolute Gasteiger partial charge is 0.251 e. The molecule has 0 unspecified atom stereocenters. The first-order valence-corrected chi connectivity index (χ1v) is 2.65. The lowest BCUT2D eigenvalue weighted by Gasteiger charge is -2.04. The van der Waals surface area contributed by atoms with Crippen molar-refractivity contribution in [2.24, 2.45) is 0 Å². The van der Waals surface area contributed by atoms with Crippen molar-refractivity contribution in [3.63, 3.8) is 0 Å². The van der Waals surface area contributed by atoms with Crippen molar-refractivity contribution < 1.29 is 9.90 Å². The Labute approximate surface area is 47.9 Å². The summed E-state index contributed by atoms with van der Waals surface area (Å²) in [6.45, 7) is 0.694. The monoisotopic (exact) mass is 115 g/mol. The molecular formula is C5H9NO2. The van der Waals surface area contributed by atoms with Gasteiger partial charge in [-0.25, -0.2) is 0 Å². The average molecular weight is 115 g/mol. The van der Waals surface area contributed by atoms with Crippen molar-refractivity contribution in [3.05, 3.63) is 0 Å². The molecule has 0 bridgehead atoms. The van der Waals surface area contributed by atoms with Gasteiger partial charge in [-0.2, -0.15) is 0 Å². The number of aliphatic hydroxyl groups is 1. The Hall–Kier alpha value is -0.570. The minimum atomic E-state index is -0.722. The van der Waals surface area contributed by atoms with Crippen molar-refractivity contribution in [2.45, 2.75) is 12.5 Å². The fraction of sp³-hybridized carbons (Fsp3) is 0.800. The topological polar surface area (TPSA) is 40.5 Å². The molecule has 0 saturated carbocycles. The van der Waals surface area contributed by atoms with E-state index in [0.29, 0.717) is 13.0 Å². The van der Waals surface area contributed by atoms with Crippen LogP contribution in [0.25, 0.3) is 0 Å². The summed E-state index contributed by atoms with van der Waals surface area (Å²) in [4.78, 5) is 12.1. The zero-order chi connectivity index (χ0) is 6.15. The van der Waals surface area contributed by atoms with Crippen molar-refractivity contribution in [1.82, 2.24) is 4.90 Å². The van der Waals surface area contributed by atoms with Crippen molar-refractivity contribution in [1.29, 1.82) is 0 Å². The number of aliphatic hydroxyl groups excluding tert-OH is 1. The Balaban J connectivity index is 2.57. The second-order valence-electron chi connectivity index (χ2n) is 2.06. The molecule has 1 fully saturated rings. The Morgan fingerprint density at radius 3 is 2.62 bits per heavy atom. The van der Waals surface area contributed by atoms with Crippen LogP contribution in [-0.2, 0) is 4.79 Å². The van der Waals surface area contributed by atoms with E-state index < -0.39 is 6.10 Å². The van der Waals surface area contributed by atoms with Gasteiger partial charge in [0.25, 0.3) is 5.91 Å². The van der Waals surface area contributed by atoms with Crippen LogP contribution in [0.4, 0.5) is 0 Å². The maximum absolute atomic E-state index is 10.6. The van der Waals surface area contributed by atoms with Gasteiger partial charge in [-0.3, -0.25) is 4.79 Å². The number of nitrogens with zero attached hydrogens (tertiary/aromatic N) is 1. The van der Waals surface area contributed by atoms with Gasteiger partial charge < -0.3 is 10.0 Å². The number of rotatable bonds is 0. The third kappa shape index (κ3) is 0.690. The summed E-state index contributed by atoms with van der Waals surface area (Å²) in [6, 6.07) is 0. The lowest BCUT2D eigenvalue weighted by molar-refractivity contribution is -0.133. The molecule has 3 nitrogen and oxygen atoms in total. The molecule has 46 valence electrons. The highest BCUT2D eigenvalue weighted by Gasteiger charge is 2.25. The van der Waals surface area contributed by atoms with E-state index in [1.54, 1.807) is 7.05 Å². The van der Waals surface area contributed by atoms with Crippen LogP contribution in [-0.4, -0.2) is 35.6 Å². The summed E-state index contributed by atoms with van der Waals surface area (Å²) in [5.41, 5.74) is 0. The quantitative estimate of drug-likeness (QED) is 0.449. The van der Waals surface area contributed by atoms with Crippen LogP contribution in [0, 0.1) is 0 Å². The standard InChI is InChI=1S/C5H9NO2/c1-6-3-2-4(7)5(6)8/h4,7H,2-3H2,1H3/t4-/m0/s1. The highest BCUT2D eigenvalue weighted by molar-refractivity contribution is 5.82. The number of likely N-dealkylation sites (tertiary alicyclic amines) is 1. The van der Waals surface area contributed by atoms with E-state index in [1.807, 2.05) is 0 Å². The van der Waals surface area contributed by atoms with E-state index in [9.17, 15) is 4.79 Å². The number of carbonyl (C=O) groups excluding carboxylic acids is 1. The molecule has 0 aliphatic carbocycles. The Morgan fingerprint density at radius 1 is 1.88 bits per heavy atom. The van der Waals surface area contributed by atoms with E-state index in [1.165, 1.54) is 4.90 Å². The van der Waals surface area contributed by atoms with E-state index in [0.717, 1.165) is 0 Å². The fourth-order valence-electron chi connectivity index (χ4n) is 0.804. The van der Waals surface area contributed by atoms with Crippen molar-refractivity contribution in [3.8, 4) is 0 Å². The maximum Gasteiger partial charge on any atom is 0.251 e. The summed E-state index contributed by atoms with van der Waals surface area (Å²) in [5, 5.41) is 8.78. The molecule has 1 saturated heterocycles. The molecule has 0 aromatic rings. The zero-order valence-corrected chi connectivity index (χ0v) is 4.79. The van der Waals surface area contributed by atoms with Gasteiger partial charge in [0.05, 0.1) is 0 Å². The minimum Gasteiger partial charge on any atom is -0.383 e. The first kappa shape index (κ1) is 5.56. The molecule has 1 aliphatic rings. The molecular weight excluding hydrogens is 106 g/mol. The van der Waals surface area contributed by atoms with Crippen LogP contribution >= 0.6 is 0 Å². The predicted molar refractivity (Wildman–Crippen MR) is 28.3 cm³/mol. The fourth-order valence-corrected chi connectivity index (χ4v) is 0.804. The first-order valence-electron chi connectivity index (χ1n) is 2.65. The van der Waals surface area contributed by atoms with Crippen LogP contribution in [0.5, 0.6) is 0 Å². The highest BCUT2D eigenvalue weighted by Crippen LogP contribution is 2.06. The molecule has 1 heterocycles. The largest absolute Gasteiger partial charge is 0.383 e. The van der Waals surface area contributed by atoms with E-state index >= 15 is 0 Å². The third-order valence-corrected chi connectivity index (χ3v) is 1.40. The van der Waals surface area contributed by atoms with Gasteiger partial charge in [0, 0.05) is 13.6 Å². The summed E-state index contributed by atoms with van der Waals surface area (Å²) in [6.07, 6.45) is -0.130. The average Bonchev–Trinajstić information content (AvgIpc) is 1.98. The second kappa shape index (κ2) is 1.74. The number of carbonyl (C=O) groups is 1. The minimum absolute atomic E-state index is 0.148. The van der Waals surface area contributed by atoms with E-state index in [4.69, 9.17) is 5.11 Å². The molecule has 1 atom stereocenters. The van der Waals surface area contributed by atoms with Gasteiger partial charge in [0.2, 0.25) is 0 Å². The lowest BCUT2D eigenvalue weighted by Crippen LogP contribution is -2.24. The van der Waals surface area contributed by atoms with Gasteiger partial charge in [-0.05, 0) is 6.42 Å². The molecule has 3 heteroatoms. The van der Waals surface area contributed by atoms with Gasteiger partial charge >= 0.3 is 0 Å². The number of hydrogen-bond acceptors (Lipinski definition) is 2. The molecule has 8 heavy (non-hydrogen) atoms. The van der Waals surface area contributed by atoms with E-state index in [-0.39, 0.29) is 5.91 Å². The van der Waals surface area contributed by atoms with Crippen LogP contribution in [0.15, 0.2) is 0 Å². The Morgan fingerprint density at radius 2 is 2.50 bits per heavy atom. The molecule has 1 amide bonds. The number of likely N-dealkylation sites (N-methyl/N-ethyl adjacent to an activating group) is 1. The summed E-state index contributed by atoms with van der Waals surface area (Å²) in [7, 11) is 1.69. The normalized spacial score (nSPS) is 29.5. The predicted octanol–water partition coefficient (Wildman–Crippen LogP) is -0.791. The first-order chi connectivity index (χ1) is 3.72. The van der Waals surface area contributed by atoms with Crippen LogP contribution in [0.1, 0.15) is 6.42 Å². The van der Waals surface area contributed by atoms with Gasteiger partial charge in [-0.15, -0.1) is 0 Å². The number of hydrogen-bond donors (Lipinski definition) is 1. The van der Waals surface area contributed by atoms with E-state index in [2.05, 4.69) is 0 Å². The maximum atomic E-state index is 10.6. The van der Waals surface area contributed by atoms with Crippen molar-refractivity contribution >= 4 is 5.91 Å². The Kier molecular flexibility index (Phi) is 1.21. The molecule has 1 N–H and O–H groups in total. The molecule has 1 rings (SSSR count). The zero-order valence-electron chi connectivity index (χ0n) is 4.79. The second-order valence-corrected chi connectivity index (χ2v) is 2.06. The molecule has 0 radical (unpaired) electrons. The lowest BCUT2D eigenvalue weighted by atomic mass is 10.3. The number of amides is 1. The van der Waals surface area contributed by atoms with Crippen LogP contribution in [0.2, 0.25) is 0 Å². The van der Waals surface area contributed by atoms with Crippen LogP contribution in [0.3, 0.4) is 0 Å². The third-order valence-electron chi connectivity index (χ3n) is 1.40. The summed E-state index contributed by atoms with van der Waals surface area (Å²) < 4.78 is 0. The summed E-state index contributed by atoms with van der Waals surface area (Å²) in [5.74, 6) is -0.148. The molecule has 0 spiro atoms. The Bertz CT molecular complexity index is 101. The van der Waals surface area contributed by atoms with Gasteiger partial charge in [0.15, 0.2) is 0 Å². The van der Waals surface area contributed by atoms with Gasteiger partial charge in [0.1, 0.15) is 6.10 Å². The van der Waals surface area contributed by atoms with Gasteiger partial charge in [-0.1, -0.05) is 0 Å². The molecule has 0 aromatic carbocycles. The summed E-state index contributed by atoms with van der Waals surface area (Å²) >= 11 is 0. The molecule has 0 aromatic heterocycles.